The number of rotatable bonds is 6. The van der Waals surface area contributed by atoms with Gasteiger partial charge in [-0.25, -0.2) is 0 Å². The third kappa shape index (κ3) is 3.42. The van der Waals surface area contributed by atoms with Gasteiger partial charge in [0.15, 0.2) is 0 Å². The van der Waals surface area contributed by atoms with E-state index in [1.807, 2.05) is 36.4 Å². The van der Waals surface area contributed by atoms with Crippen LogP contribution in [0.5, 0.6) is 11.5 Å². The molecular weight excluding hydrogens is 254 g/mol. The summed E-state index contributed by atoms with van der Waals surface area (Å²) in [6.45, 7) is 1.09. The quantitative estimate of drug-likeness (QED) is 0.849. The highest BCUT2D eigenvalue weighted by atomic mass is 16.5. The molecule has 0 atom stereocenters. The molecule has 4 nitrogen and oxygen atoms in total. The number of nitrogens with one attached hydrogen (secondary N) is 1. The van der Waals surface area contributed by atoms with Gasteiger partial charge in [-0.1, -0.05) is 18.2 Å². The first-order valence-corrected chi connectivity index (χ1v) is 6.41. The topological polar surface area (TPSA) is 50.7 Å². The molecule has 0 radical (unpaired) electrons. The van der Waals surface area contributed by atoms with Gasteiger partial charge in [0, 0.05) is 36.5 Å². The summed E-state index contributed by atoms with van der Waals surface area (Å²) >= 11 is 0. The first kappa shape index (κ1) is 14.2. The van der Waals surface area contributed by atoms with Crippen LogP contribution in [0.2, 0.25) is 0 Å². The smallest absolute Gasteiger partial charge is 0.124 e. The summed E-state index contributed by atoms with van der Waals surface area (Å²) in [6, 6.07) is 13.2. The number of phenols is 1. The molecule has 0 bridgehead atoms. The summed E-state index contributed by atoms with van der Waals surface area (Å²) in [7, 11) is 3.25. The normalized spacial score (nSPS) is 10.3. The van der Waals surface area contributed by atoms with Gasteiger partial charge in [-0.05, 0) is 18.2 Å². The first-order chi connectivity index (χ1) is 9.74. The van der Waals surface area contributed by atoms with Gasteiger partial charge in [0.05, 0.1) is 13.7 Å². The maximum absolute atomic E-state index is 9.93. The molecule has 0 aliphatic rings. The Morgan fingerprint density at radius 2 is 1.85 bits per heavy atom. The van der Waals surface area contributed by atoms with Gasteiger partial charge in [0.2, 0.25) is 0 Å². The van der Waals surface area contributed by atoms with Crippen molar-refractivity contribution in [3.8, 4) is 11.5 Å². The van der Waals surface area contributed by atoms with E-state index in [1.165, 1.54) is 0 Å². The molecule has 0 aromatic heterocycles. The Morgan fingerprint density at radius 1 is 1.05 bits per heavy atom. The minimum absolute atomic E-state index is 0.223. The molecule has 0 saturated heterocycles. The van der Waals surface area contributed by atoms with Crippen molar-refractivity contribution >= 4 is 5.69 Å². The molecular formula is C16H19NO3. The van der Waals surface area contributed by atoms with Crippen molar-refractivity contribution in [3.63, 3.8) is 0 Å². The van der Waals surface area contributed by atoms with Gasteiger partial charge in [-0.2, -0.15) is 0 Å². The van der Waals surface area contributed by atoms with E-state index < -0.39 is 0 Å². The van der Waals surface area contributed by atoms with Crippen LogP contribution in [0.25, 0.3) is 0 Å². The van der Waals surface area contributed by atoms with Crippen LogP contribution in [-0.2, 0) is 17.9 Å². The number of methoxy groups -OCH3 is 2. The van der Waals surface area contributed by atoms with Gasteiger partial charge in [-0.15, -0.1) is 0 Å². The van der Waals surface area contributed by atoms with Crippen LogP contribution >= 0.6 is 0 Å². The molecule has 2 rings (SSSR count). The maximum atomic E-state index is 9.93. The van der Waals surface area contributed by atoms with Crippen LogP contribution in [0, 0.1) is 0 Å². The van der Waals surface area contributed by atoms with Crippen LogP contribution < -0.4 is 10.1 Å². The molecule has 0 spiro atoms. The Labute approximate surface area is 119 Å². The highest BCUT2D eigenvalue weighted by Crippen LogP contribution is 2.25. The van der Waals surface area contributed by atoms with Crippen LogP contribution in [0.3, 0.4) is 0 Å². The average Bonchev–Trinajstić information content (AvgIpc) is 2.47. The van der Waals surface area contributed by atoms with Crippen molar-refractivity contribution in [2.24, 2.45) is 0 Å². The third-order valence-electron chi connectivity index (χ3n) is 3.08. The average molecular weight is 273 g/mol. The van der Waals surface area contributed by atoms with E-state index in [0.717, 1.165) is 16.8 Å². The molecule has 0 amide bonds. The maximum Gasteiger partial charge on any atom is 0.124 e. The molecule has 106 valence electrons. The van der Waals surface area contributed by atoms with Crippen molar-refractivity contribution < 1.29 is 14.6 Å². The van der Waals surface area contributed by atoms with Crippen molar-refractivity contribution in [2.75, 3.05) is 19.5 Å². The van der Waals surface area contributed by atoms with Gasteiger partial charge >= 0.3 is 0 Å². The molecule has 2 aromatic rings. The number of anilines is 1. The van der Waals surface area contributed by atoms with Crippen LogP contribution in [-0.4, -0.2) is 19.3 Å². The number of para-hydroxylation sites is 1. The minimum Gasteiger partial charge on any atom is -0.507 e. The number of phenolic OH excluding ortho intramolecular Hbond substituents is 1. The van der Waals surface area contributed by atoms with Crippen LogP contribution in [0.15, 0.2) is 42.5 Å². The largest absolute Gasteiger partial charge is 0.507 e. The molecule has 20 heavy (non-hydrogen) atoms. The monoisotopic (exact) mass is 273 g/mol. The fraction of sp³-hybridized carbons (Fsp3) is 0.250. The van der Waals surface area contributed by atoms with Crippen molar-refractivity contribution in [3.05, 3.63) is 53.6 Å². The number of hydrogen-bond acceptors (Lipinski definition) is 4. The highest BCUT2D eigenvalue weighted by molar-refractivity contribution is 5.52. The number of hydrogen-bond donors (Lipinski definition) is 2. The van der Waals surface area contributed by atoms with Gasteiger partial charge in [0.1, 0.15) is 11.5 Å². The second kappa shape index (κ2) is 6.82. The minimum atomic E-state index is 0.223. The lowest BCUT2D eigenvalue weighted by Gasteiger charge is -2.12. The van der Waals surface area contributed by atoms with Gasteiger partial charge in [0.25, 0.3) is 0 Å². The Bertz CT molecular complexity index is 569. The fourth-order valence-electron chi connectivity index (χ4n) is 1.98. The molecule has 0 saturated carbocycles. The van der Waals surface area contributed by atoms with Crippen molar-refractivity contribution in [1.29, 1.82) is 0 Å². The standard InChI is InChI=1S/C16H19NO3/c1-19-11-13-5-3-4-6-15(13)17-10-12-7-8-14(20-2)9-16(12)18/h3-9,17-18H,10-11H2,1-2H3. The lowest BCUT2D eigenvalue weighted by Crippen LogP contribution is -2.03. The number of benzene rings is 2. The van der Waals surface area contributed by atoms with Crippen molar-refractivity contribution in [1.82, 2.24) is 0 Å². The van der Waals surface area contributed by atoms with Crippen LogP contribution in [0.1, 0.15) is 11.1 Å². The van der Waals surface area contributed by atoms with Gasteiger partial charge < -0.3 is 19.9 Å². The molecule has 0 heterocycles. The Kier molecular flexibility index (Phi) is 4.85. The summed E-state index contributed by atoms with van der Waals surface area (Å²) in [6.07, 6.45) is 0. The van der Waals surface area contributed by atoms with E-state index in [0.29, 0.717) is 18.9 Å². The zero-order valence-corrected chi connectivity index (χ0v) is 11.7. The predicted molar refractivity (Wildman–Crippen MR) is 79.1 cm³/mol. The predicted octanol–water partition coefficient (Wildman–Crippen LogP) is 3.16. The fourth-order valence-corrected chi connectivity index (χ4v) is 1.98. The Hall–Kier alpha value is -2.20. The van der Waals surface area contributed by atoms with E-state index in [-0.39, 0.29) is 5.75 Å². The molecule has 2 N–H and O–H groups in total. The molecule has 0 aliphatic heterocycles. The van der Waals surface area contributed by atoms with E-state index in [4.69, 9.17) is 9.47 Å². The summed E-state index contributed by atoms with van der Waals surface area (Å²) < 4.78 is 10.2. The molecule has 0 aliphatic carbocycles. The summed E-state index contributed by atoms with van der Waals surface area (Å²) in [5, 5.41) is 13.2. The van der Waals surface area contributed by atoms with E-state index >= 15 is 0 Å². The highest BCUT2D eigenvalue weighted by Gasteiger charge is 2.05. The molecule has 0 unspecified atom stereocenters. The molecule has 2 aromatic carbocycles. The first-order valence-electron chi connectivity index (χ1n) is 6.41. The Morgan fingerprint density at radius 3 is 2.55 bits per heavy atom. The zero-order chi connectivity index (χ0) is 14.4. The van der Waals surface area contributed by atoms with E-state index in [9.17, 15) is 5.11 Å². The lowest BCUT2D eigenvalue weighted by atomic mass is 10.1. The van der Waals surface area contributed by atoms with E-state index in [2.05, 4.69) is 5.32 Å². The molecule has 4 heteroatoms. The Balaban J connectivity index is 2.09. The summed E-state index contributed by atoms with van der Waals surface area (Å²) in [4.78, 5) is 0. The molecule has 0 fully saturated rings. The van der Waals surface area contributed by atoms with Crippen molar-refractivity contribution in [2.45, 2.75) is 13.2 Å². The summed E-state index contributed by atoms with van der Waals surface area (Å²) in [5.41, 5.74) is 2.91. The number of ether oxygens (including phenoxy) is 2. The summed E-state index contributed by atoms with van der Waals surface area (Å²) in [5.74, 6) is 0.868. The second-order valence-corrected chi connectivity index (χ2v) is 4.44. The van der Waals surface area contributed by atoms with E-state index in [1.54, 1.807) is 20.3 Å². The zero-order valence-electron chi connectivity index (χ0n) is 11.7. The van der Waals surface area contributed by atoms with Crippen LogP contribution in [0.4, 0.5) is 5.69 Å². The third-order valence-corrected chi connectivity index (χ3v) is 3.08. The second-order valence-electron chi connectivity index (χ2n) is 4.44. The lowest BCUT2D eigenvalue weighted by molar-refractivity contribution is 0.185. The SMILES string of the molecule is COCc1ccccc1NCc1ccc(OC)cc1O. The number of aromatic hydroxyl groups is 1. The van der Waals surface area contributed by atoms with Gasteiger partial charge in [-0.3, -0.25) is 0 Å².